The predicted octanol–water partition coefficient (Wildman–Crippen LogP) is 2.51. The fourth-order valence-electron chi connectivity index (χ4n) is 2.38. The Morgan fingerprint density at radius 3 is 2.44 bits per heavy atom. The fraction of sp³-hybridized carbons (Fsp3) is 0.300. The summed E-state index contributed by atoms with van der Waals surface area (Å²) in [5, 5.41) is 8.65. The molecule has 144 valence electrons. The second kappa shape index (κ2) is 10.8. The van der Waals surface area contributed by atoms with Crippen LogP contribution in [-0.4, -0.2) is 45.7 Å². The SMILES string of the molecule is COCCCNC(=O)c1ccc(NCC(=O)Nc2ccccc2OC)cc1. The van der Waals surface area contributed by atoms with Crippen LogP contribution in [0.1, 0.15) is 16.8 Å². The van der Waals surface area contributed by atoms with Gasteiger partial charge in [0.1, 0.15) is 5.75 Å². The topological polar surface area (TPSA) is 88.7 Å². The van der Waals surface area contributed by atoms with Crippen LogP contribution in [0, 0.1) is 0 Å². The highest BCUT2D eigenvalue weighted by atomic mass is 16.5. The van der Waals surface area contributed by atoms with Crippen LogP contribution >= 0.6 is 0 Å². The summed E-state index contributed by atoms with van der Waals surface area (Å²) >= 11 is 0. The fourth-order valence-corrected chi connectivity index (χ4v) is 2.38. The van der Waals surface area contributed by atoms with Crippen molar-refractivity contribution in [2.45, 2.75) is 6.42 Å². The number of hydrogen-bond donors (Lipinski definition) is 3. The third-order valence-corrected chi connectivity index (χ3v) is 3.79. The van der Waals surface area contributed by atoms with E-state index in [9.17, 15) is 9.59 Å². The van der Waals surface area contributed by atoms with Crippen LogP contribution in [0.4, 0.5) is 11.4 Å². The molecule has 0 radical (unpaired) electrons. The molecule has 0 aliphatic rings. The summed E-state index contributed by atoms with van der Waals surface area (Å²) in [5.74, 6) is 0.276. The van der Waals surface area contributed by atoms with E-state index < -0.39 is 0 Å². The molecule has 2 aromatic carbocycles. The number of para-hydroxylation sites is 2. The predicted molar refractivity (Wildman–Crippen MR) is 105 cm³/mol. The first-order chi connectivity index (χ1) is 13.1. The first kappa shape index (κ1) is 20.3. The number of benzene rings is 2. The maximum Gasteiger partial charge on any atom is 0.251 e. The average Bonchev–Trinajstić information content (AvgIpc) is 2.70. The van der Waals surface area contributed by atoms with Crippen LogP contribution in [0.3, 0.4) is 0 Å². The number of methoxy groups -OCH3 is 2. The Morgan fingerprint density at radius 1 is 1.00 bits per heavy atom. The third kappa shape index (κ3) is 6.63. The Morgan fingerprint density at radius 2 is 1.74 bits per heavy atom. The zero-order chi connectivity index (χ0) is 19.5. The molecular formula is C20H25N3O4. The number of amides is 2. The van der Waals surface area contributed by atoms with Crippen molar-refractivity contribution < 1.29 is 19.1 Å². The molecule has 2 rings (SSSR count). The van der Waals surface area contributed by atoms with Gasteiger partial charge in [0.15, 0.2) is 0 Å². The van der Waals surface area contributed by atoms with Gasteiger partial charge in [0.25, 0.3) is 5.91 Å². The molecule has 27 heavy (non-hydrogen) atoms. The molecule has 7 nitrogen and oxygen atoms in total. The minimum Gasteiger partial charge on any atom is -0.495 e. The molecule has 0 bridgehead atoms. The van der Waals surface area contributed by atoms with Gasteiger partial charge >= 0.3 is 0 Å². The Bertz CT molecular complexity index is 747. The lowest BCUT2D eigenvalue weighted by Gasteiger charge is -2.11. The molecule has 0 saturated heterocycles. The summed E-state index contributed by atoms with van der Waals surface area (Å²) < 4.78 is 10.1. The van der Waals surface area contributed by atoms with Crippen molar-refractivity contribution in [3.63, 3.8) is 0 Å². The van der Waals surface area contributed by atoms with E-state index in [-0.39, 0.29) is 18.4 Å². The molecule has 0 aromatic heterocycles. The average molecular weight is 371 g/mol. The lowest BCUT2D eigenvalue weighted by atomic mass is 10.2. The molecular weight excluding hydrogens is 346 g/mol. The number of hydrogen-bond acceptors (Lipinski definition) is 5. The first-order valence-electron chi connectivity index (χ1n) is 8.68. The monoisotopic (exact) mass is 371 g/mol. The number of carbonyl (C=O) groups is 2. The van der Waals surface area contributed by atoms with Gasteiger partial charge in [0, 0.05) is 31.5 Å². The molecule has 0 saturated carbocycles. The van der Waals surface area contributed by atoms with Crippen molar-refractivity contribution in [2.24, 2.45) is 0 Å². The summed E-state index contributed by atoms with van der Waals surface area (Å²) in [6, 6.07) is 14.2. The molecule has 0 atom stereocenters. The van der Waals surface area contributed by atoms with Gasteiger partial charge in [-0.1, -0.05) is 12.1 Å². The number of nitrogens with one attached hydrogen (secondary N) is 3. The zero-order valence-electron chi connectivity index (χ0n) is 15.6. The number of rotatable bonds is 10. The smallest absolute Gasteiger partial charge is 0.251 e. The van der Waals surface area contributed by atoms with Crippen LogP contribution in [0.25, 0.3) is 0 Å². The van der Waals surface area contributed by atoms with Crippen molar-refractivity contribution in [3.05, 3.63) is 54.1 Å². The van der Waals surface area contributed by atoms with Crippen LogP contribution in [0.2, 0.25) is 0 Å². The molecule has 0 unspecified atom stereocenters. The highest BCUT2D eigenvalue weighted by molar-refractivity contribution is 5.96. The molecule has 7 heteroatoms. The molecule has 0 fully saturated rings. The third-order valence-electron chi connectivity index (χ3n) is 3.79. The summed E-state index contributed by atoms with van der Waals surface area (Å²) in [6.07, 6.45) is 0.767. The standard InChI is InChI=1S/C20H25N3O4/c1-26-13-5-12-21-20(25)15-8-10-16(11-9-15)22-14-19(24)23-17-6-3-4-7-18(17)27-2/h3-4,6-11,22H,5,12-14H2,1-2H3,(H,21,25)(H,23,24). The van der Waals surface area contributed by atoms with E-state index in [2.05, 4.69) is 16.0 Å². The Kier molecular flexibility index (Phi) is 8.12. The Labute approximate surface area is 159 Å². The molecule has 0 heterocycles. The van der Waals surface area contributed by atoms with Gasteiger partial charge in [-0.3, -0.25) is 9.59 Å². The van der Waals surface area contributed by atoms with E-state index in [0.717, 1.165) is 12.1 Å². The lowest BCUT2D eigenvalue weighted by molar-refractivity contribution is -0.114. The van der Waals surface area contributed by atoms with E-state index in [1.165, 1.54) is 0 Å². The molecule has 0 aliphatic heterocycles. The van der Waals surface area contributed by atoms with Crippen LogP contribution in [0.15, 0.2) is 48.5 Å². The number of anilines is 2. The van der Waals surface area contributed by atoms with Gasteiger partial charge in [0.05, 0.1) is 19.3 Å². The summed E-state index contributed by atoms with van der Waals surface area (Å²) in [7, 11) is 3.18. The van der Waals surface area contributed by atoms with Crippen molar-refractivity contribution in [1.82, 2.24) is 5.32 Å². The molecule has 0 aliphatic carbocycles. The van der Waals surface area contributed by atoms with Crippen LogP contribution in [0.5, 0.6) is 5.75 Å². The van der Waals surface area contributed by atoms with E-state index in [1.807, 2.05) is 12.1 Å². The number of carbonyl (C=O) groups excluding carboxylic acids is 2. The highest BCUT2D eigenvalue weighted by Crippen LogP contribution is 2.22. The summed E-state index contributed by atoms with van der Waals surface area (Å²) in [6.45, 7) is 1.27. The minimum atomic E-state index is -0.195. The van der Waals surface area contributed by atoms with Crippen LogP contribution < -0.4 is 20.7 Å². The minimum absolute atomic E-state index is 0.0978. The Balaban J connectivity index is 1.80. The summed E-state index contributed by atoms with van der Waals surface area (Å²) in [5.41, 5.74) is 1.94. The van der Waals surface area contributed by atoms with Crippen molar-refractivity contribution in [1.29, 1.82) is 0 Å². The van der Waals surface area contributed by atoms with E-state index in [1.54, 1.807) is 50.6 Å². The van der Waals surface area contributed by atoms with Crippen molar-refractivity contribution in [2.75, 3.05) is 44.5 Å². The molecule has 2 aromatic rings. The van der Waals surface area contributed by atoms with E-state index in [0.29, 0.717) is 30.2 Å². The Hall–Kier alpha value is -3.06. The van der Waals surface area contributed by atoms with Crippen molar-refractivity contribution >= 4 is 23.2 Å². The van der Waals surface area contributed by atoms with E-state index >= 15 is 0 Å². The highest BCUT2D eigenvalue weighted by Gasteiger charge is 2.08. The maximum atomic E-state index is 12.1. The van der Waals surface area contributed by atoms with E-state index in [4.69, 9.17) is 9.47 Å². The van der Waals surface area contributed by atoms with Gasteiger partial charge in [-0.05, 0) is 42.8 Å². The first-order valence-corrected chi connectivity index (χ1v) is 8.68. The quantitative estimate of drug-likeness (QED) is 0.559. The van der Waals surface area contributed by atoms with Crippen molar-refractivity contribution in [3.8, 4) is 5.75 Å². The maximum absolute atomic E-state index is 12.1. The zero-order valence-corrected chi connectivity index (χ0v) is 15.6. The normalized spacial score (nSPS) is 10.1. The van der Waals surface area contributed by atoms with Gasteiger partial charge in [-0.2, -0.15) is 0 Å². The van der Waals surface area contributed by atoms with Gasteiger partial charge in [0.2, 0.25) is 5.91 Å². The molecule has 2 amide bonds. The lowest BCUT2D eigenvalue weighted by Crippen LogP contribution is -2.25. The van der Waals surface area contributed by atoms with Gasteiger partial charge < -0.3 is 25.4 Å². The summed E-state index contributed by atoms with van der Waals surface area (Å²) in [4.78, 5) is 24.1. The van der Waals surface area contributed by atoms with Gasteiger partial charge in [-0.15, -0.1) is 0 Å². The second-order valence-electron chi connectivity index (χ2n) is 5.78. The second-order valence-corrected chi connectivity index (χ2v) is 5.78. The molecule has 3 N–H and O–H groups in total. The molecule has 0 spiro atoms. The number of ether oxygens (including phenoxy) is 2. The van der Waals surface area contributed by atoms with Crippen LogP contribution in [-0.2, 0) is 9.53 Å². The van der Waals surface area contributed by atoms with Gasteiger partial charge in [-0.25, -0.2) is 0 Å². The largest absolute Gasteiger partial charge is 0.495 e.